The molecule has 1 unspecified atom stereocenters. The van der Waals surface area contributed by atoms with Crippen LogP contribution in [0.3, 0.4) is 0 Å². The second-order valence-corrected chi connectivity index (χ2v) is 6.25. The van der Waals surface area contributed by atoms with Gasteiger partial charge in [-0.2, -0.15) is 0 Å². The highest BCUT2D eigenvalue weighted by atomic mass is 16.2. The quantitative estimate of drug-likeness (QED) is 0.525. The zero-order valence-corrected chi connectivity index (χ0v) is 14.8. The van der Waals surface area contributed by atoms with Crippen molar-refractivity contribution in [3.05, 3.63) is 12.2 Å². The van der Waals surface area contributed by atoms with Crippen LogP contribution in [-0.2, 0) is 9.59 Å². The Morgan fingerprint density at radius 3 is 2.76 bits per heavy atom. The van der Waals surface area contributed by atoms with Gasteiger partial charge >= 0.3 is 12.0 Å². The molecule has 9 nitrogen and oxygen atoms in total. The van der Waals surface area contributed by atoms with Crippen molar-refractivity contribution >= 4 is 35.2 Å². The standard InChI is InChI=1S/C16H21N6O3/c1-5-6-7-20-14(24)12-13(19(4)16(20)25)17-15-21(12)8-10(2)18-22(15)9-11(3)23/h5-6,12H,7-9H2,1-4H3/q+1/b6-5+. The fourth-order valence-corrected chi connectivity index (χ4v) is 3.10. The van der Waals surface area contributed by atoms with E-state index in [1.165, 1.54) is 21.7 Å². The lowest BCUT2D eigenvalue weighted by Crippen LogP contribution is -2.63. The zero-order valence-electron chi connectivity index (χ0n) is 14.8. The highest BCUT2D eigenvalue weighted by Crippen LogP contribution is 2.22. The number of amides is 3. The number of nitrogens with zero attached hydrogens (tertiary/aromatic N) is 6. The van der Waals surface area contributed by atoms with E-state index in [1.807, 2.05) is 13.8 Å². The summed E-state index contributed by atoms with van der Waals surface area (Å²) >= 11 is 0. The van der Waals surface area contributed by atoms with Gasteiger partial charge in [-0.05, 0) is 20.8 Å². The van der Waals surface area contributed by atoms with E-state index in [9.17, 15) is 14.4 Å². The summed E-state index contributed by atoms with van der Waals surface area (Å²) in [6.45, 7) is 5.85. The monoisotopic (exact) mass is 345 g/mol. The van der Waals surface area contributed by atoms with E-state index in [2.05, 4.69) is 10.1 Å². The number of guanidine groups is 1. The molecule has 0 saturated carbocycles. The van der Waals surface area contributed by atoms with Gasteiger partial charge in [0.05, 0.1) is 5.71 Å². The van der Waals surface area contributed by atoms with E-state index in [0.29, 0.717) is 18.3 Å². The van der Waals surface area contributed by atoms with Crippen molar-refractivity contribution in [2.45, 2.75) is 26.8 Å². The molecule has 0 spiro atoms. The van der Waals surface area contributed by atoms with E-state index < -0.39 is 12.1 Å². The third-order valence-electron chi connectivity index (χ3n) is 4.21. The Morgan fingerprint density at radius 1 is 1.40 bits per heavy atom. The first-order chi connectivity index (χ1) is 11.8. The van der Waals surface area contributed by atoms with E-state index in [-0.39, 0.29) is 24.8 Å². The minimum Gasteiger partial charge on any atom is -0.296 e. The van der Waals surface area contributed by atoms with Crippen LogP contribution in [0.15, 0.2) is 22.2 Å². The maximum absolute atomic E-state index is 12.9. The number of Topliss-reactive ketones (excluding diaryl/α,β-unsaturated/α-hetero) is 1. The molecule has 25 heavy (non-hydrogen) atoms. The SMILES string of the molecule is C/C=C/CN1C(=O)C2C(=NC3=[N+]2CC(C)=NN3CC(C)=O)N(C)C1=O. The van der Waals surface area contributed by atoms with E-state index in [4.69, 9.17) is 0 Å². The molecule has 0 aromatic carbocycles. The van der Waals surface area contributed by atoms with Crippen LogP contribution >= 0.6 is 0 Å². The maximum Gasteiger partial charge on any atom is 0.417 e. The van der Waals surface area contributed by atoms with Gasteiger partial charge < -0.3 is 0 Å². The summed E-state index contributed by atoms with van der Waals surface area (Å²) in [5.41, 5.74) is 0.772. The lowest BCUT2D eigenvalue weighted by Gasteiger charge is -2.33. The molecular formula is C16H21N6O3+. The molecule has 3 aliphatic heterocycles. The van der Waals surface area contributed by atoms with Gasteiger partial charge in [-0.1, -0.05) is 17.1 Å². The molecule has 3 heterocycles. The van der Waals surface area contributed by atoms with Gasteiger partial charge in [0.15, 0.2) is 12.3 Å². The molecule has 0 aromatic heterocycles. The van der Waals surface area contributed by atoms with E-state index in [0.717, 1.165) is 5.71 Å². The van der Waals surface area contributed by atoms with Crippen molar-refractivity contribution in [3.63, 3.8) is 0 Å². The molecule has 3 aliphatic rings. The second kappa shape index (κ2) is 6.23. The van der Waals surface area contributed by atoms with Gasteiger partial charge in [0.2, 0.25) is 11.9 Å². The topological polar surface area (TPSA) is 88.7 Å². The number of carbonyl (C=O) groups is 3. The number of aliphatic imine (C=N–C) groups is 1. The van der Waals surface area contributed by atoms with Crippen molar-refractivity contribution in [2.75, 3.05) is 26.7 Å². The number of urea groups is 1. The highest BCUT2D eigenvalue weighted by molar-refractivity contribution is 6.23. The number of ketones is 1. The van der Waals surface area contributed by atoms with Crippen LogP contribution in [0.4, 0.5) is 4.79 Å². The van der Waals surface area contributed by atoms with Crippen LogP contribution in [0, 0.1) is 0 Å². The molecule has 1 atom stereocenters. The van der Waals surface area contributed by atoms with Gasteiger partial charge in [-0.15, -0.1) is 10.1 Å². The third-order valence-corrected chi connectivity index (χ3v) is 4.21. The van der Waals surface area contributed by atoms with E-state index in [1.54, 1.807) is 23.8 Å². The smallest absolute Gasteiger partial charge is 0.296 e. The molecule has 3 rings (SSSR count). The second-order valence-electron chi connectivity index (χ2n) is 6.25. The first-order valence-electron chi connectivity index (χ1n) is 8.08. The van der Waals surface area contributed by atoms with Crippen LogP contribution < -0.4 is 0 Å². The number of amidine groups is 1. The average molecular weight is 345 g/mol. The lowest BCUT2D eigenvalue weighted by atomic mass is 10.1. The number of imide groups is 1. The zero-order chi connectivity index (χ0) is 18.3. The van der Waals surface area contributed by atoms with Crippen LogP contribution in [0.1, 0.15) is 20.8 Å². The Hall–Kier alpha value is -2.84. The van der Waals surface area contributed by atoms with Gasteiger partial charge in [0, 0.05) is 13.6 Å². The first kappa shape index (κ1) is 17.0. The predicted octanol–water partition coefficient (Wildman–Crippen LogP) is -0.114. The molecule has 0 bridgehead atoms. The van der Waals surface area contributed by atoms with Crippen LogP contribution in [0.2, 0.25) is 0 Å². The molecule has 1 fully saturated rings. The van der Waals surface area contributed by atoms with Crippen molar-refractivity contribution in [3.8, 4) is 0 Å². The summed E-state index contributed by atoms with van der Waals surface area (Å²) in [5, 5.41) is 5.86. The van der Waals surface area contributed by atoms with Crippen LogP contribution in [-0.4, -0.2) is 87.3 Å². The number of allylic oxidation sites excluding steroid dienone is 1. The molecule has 132 valence electrons. The van der Waals surface area contributed by atoms with Crippen molar-refractivity contribution in [1.82, 2.24) is 14.8 Å². The molecule has 3 amide bonds. The van der Waals surface area contributed by atoms with Crippen molar-refractivity contribution < 1.29 is 19.0 Å². The molecule has 0 N–H and O–H groups in total. The van der Waals surface area contributed by atoms with Gasteiger partial charge in [0.1, 0.15) is 6.54 Å². The van der Waals surface area contributed by atoms with Gasteiger partial charge in [-0.25, -0.2) is 9.37 Å². The number of hydrogen-bond acceptors (Lipinski definition) is 6. The van der Waals surface area contributed by atoms with Gasteiger partial charge in [-0.3, -0.25) is 19.4 Å². The number of likely N-dealkylation sites (N-methyl/N-ethyl adjacent to an activating group) is 1. The molecule has 0 aromatic rings. The number of rotatable bonds is 4. The summed E-state index contributed by atoms with van der Waals surface area (Å²) in [6.07, 6.45) is 3.55. The number of hydrazone groups is 1. The molecular weight excluding hydrogens is 324 g/mol. The van der Waals surface area contributed by atoms with Crippen molar-refractivity contribution in [2.24, 2.45) is 10.1 Å². The average Bonchev–Trinajstić information content (AvgIpc) is 2.92. The first-order valence-corrected chi connectivity index (χ1v) is 8.08. The maximum atomic E-state index is 12.9. The highest BCUT2D eigenvalue weighted by Gasteiger charge is 2.54. The number of carbonyl (C=O) groups excluding carboxylic acids is 3. The summed E-state index contributed by atoms with van der Waals surface area (Å²) in [5.74, 6) is 0.431. The Balaban J connectivity index is 2.00. The van der Waals surface area contributed by atoms with E-state index >= 15 is 0 Å². The summed E-state index contributed by atoms with van der Waals surface area (Å²) in [7, 11) is 1.60. The Labute approximate surface area is 145 Å². The minimum absolute atomic E-state index is 0.0635. The summed E-state index contributed by atoms with van der Waals surface area (Å²) in [4.78, 5) is 44.0. The predicted molar refractivity (Wildman–Crippen MR) is 91.5 cm³/mol. The fourth-order valence-electron chi connectivity index (χ4n) is 3.10. The summed E-state index contributed by atoms with van der Waals surface area (Å²) in [6, 6.07) is -1.09. The Kier molecular flexibility index (Phi) is 4.23. The third kappa shape index (κ3) is 2.75. The number of fused-ring (bicyclic) bond motifs is 2. The molecule has 9 heteroatoms. The summed E-state index contributed by atoms with van der Waals surface area (Å²) < 4.78 is 1.80. The largest absolute Gasteiger partial charge is 0.417 e. The minimum atomic E-state index is -0.678. The molecule has 1 saturated heterocycles. The van der Waals surface area contributed by atoms with Crippen LogP contribution in [0.5, 0.6) is 0 Å². The molecule has 0 radical (unpaired) electrons. The van der Waals surface area contributed by atoms with Crippen LogP contribution in [0.25, 0.3) is 0 Å². The lowest BCUT2D eigenvalue weighted by molar-refractivity contribution is -0.527. The normalized spacial score (nSPS) is 23.2. The van der Waals surface area contributed by atoms with Crippen molar-refractivity contribution in [1.29, 1.82) is 0 Å². The number of hydrogen-bond donors (Lipinski definition) is 0. The molecule has 0 aliphatic carbocycles. The fraction of sp³-hybridized carbons (Fsp3) is 0.500. The Morgan fingerprint density at radius 2 is 2.12 bits per heavy atom. The Bertz CT molecular complexity index is 779. The van der Waals surface area contributed by atoms with Gasteiger partial charge in [0.25, 0.3) is 5.91 Å².